The lowest BCUT2D eigenvalue weighted by Gasteiger charge is -2.39. The lowest BCUT2D eigenvalue weighted by atomic mass is 10.0. The molecule has 1 aromatic heterocycles. The quantitative estimate of drug-likeness (QED) is 0.129. The number of amides is 2. The van der Waals surface area contributed by atoms with Gasteiger partial charge in [-0.2, -0.15) is 13.2 Å². The van der Waals surface area contributed by atoms with Gasteiger partial charge in [0.15, 0.2) is 0 Å². The predicted molar refractivity (Wildman–Crippen MR) is 202 cm³/mol. The normalized spacial score (nSPS) is 14.3. The number of aromatic nitrogens is 1. The Kier molecular flexibility index (Phi) is 11.8. The average molecular weight is 717 g/mol. The summed E-state index contributed by atoms with van der Waals surface area (Å²) in [4.78, 5) is 39.1. The van der Waals surface area contributed by atoms with Gasteiger partial charge in [0.2, 0.25) is 11.8 Å². The summed E-state index contributed by atoms with van der Waals surface area (Å²) < 4.78 is 39.6. The Morgan fingerprint density at radius 2 is 1.51 bits per heavy atom. The summed E-state index contributed by atoms with van der Waals surface area (Å²) in [5.41, 5.74) is 6.89. The van der Waals surface area contributed by atoms with Crippen LogP contribution in [-0.2, 0) is 35.3 Å². The lowest BCUT2D eigenvalue weighted by molar-refractivity contribution is -0.145. The first kappa shape index (κ1) is 37.2. The van der Waals surface area contributed by atoms with Crippen LogP contribution in [0, 0.1) is 13.8 Å². The number of pyridine rings is 1. The van der Waals surface area contributed by atoms with Crippen LogP contribution < -0.4 is 0 Å². The zero-order valence-electron chi connectivity index (χ0n) is 30.0. The standard InChI is InChI=1S/C44H43F3N4O2/c1-32-11-17-38(33(2)28-32)31-49-24-26-50(27-25-49)43(53)41(29-35-8-4-3-5-9-35)51(30-36-12-18-37(19-13-36)40-10-6-7-23-48-40)42(52)22-16-34-14-20-39(21-15-34)44(45,46)47/h3-23,28,41H,24-27,29-31H2,1-2H3/b22-16+/t41-/m0/s1. The molecule has 2 heterocycles. The van der Waals surface area contributed by atoms with E-state index in [-0.39, 0.29) is 12.5 Å². The van der Waals surface area contributed by atoms with Gasteiger partial charge in [0, 0.05) is 63.5 Å². The summed E-state index contributed by atoms with van der Waals surface area (Å²) in [6, 6.07) is 33.4. The van der Waals surface area contributed by atoms with Gasteiger partial charge in [0.25, 0.3) is 0 Å². The zero-order chi connectivity index (χ0) is 37.4. The number of alkyl halides is 3. The van der Waals surface area contributed by atoms with Crippen LogP contribution in [0.3, 0.4) is 0 Å². The van der Waals surface area contributed by atoms with Crippen molar-refractivity contribution in [1.82, 2.24) is 19.7 Å². The highest BCUT2D eigenvalue weighted by Crippen LogP contribution is 2.29. The summed E-state index contributed by atoms with van der Waals surface area (Å²) in [5, 5.41) is 0. The Morgan fingerprint density at radius 1 is 0.811 bits per heavy atom. The van der Waals surface area contributed by atoms with E-state index >= 15 is 0 Å². The number of rotatable bonds is 11. The van der Waals surface area contributed by atoms with Crippen molar-refractivity contribution in [3.63, 3.8) is 0 Å². The highest BCUT2D eigenvalue weighted by Gasteiger charge is 2.34. The van der Waals surface area contributed by atoms with E-state index in [0.717, 1.165) is 41.1 Å². The van der Waals surface area contributed by atoms with Gasteiger partial charge in [-0.1, -0.05) is 96.6 Å². The highest BCUT2D eigenvalue weighted by molar-refractivity contribution is 5.95. The van der Waals surface area contributed by atoms with Crippen molar-refractivity contribution in [3.8, 4) is 11.3 Å². The second-order valence-electron chi connectivity index (χ2n) is 13.6. The van der Waals surface area contributed by atoms with Crippen molar-refractivity contribution in [2.45, 2.75) is 45.6 Å². The molecule has 1 aliphatic rings. The third-order valence-corrected chi connectivity index (χ3v) is 9.72. The fraction of sp³-hybridized carbons (Fsp3) is 0.250. The van der Waals surface area contributed by atoms with Crippen LogP contribution in [-0.4, -0.2) is 63.7 Å². The second-order valence-corrected chi connectivity index (χ2v) is 13.6. The molecule has 1 atom stereocenters. The topological polar surface area (TPSA) is 56.8 Å². The first-order chi connectivity index (χ1) is 25.5. The molecule has 0 bridgehead atoms. The summed E-state index contributed by atoms with van der Waals surface area (Å²) in [5.74, 6) is -0.553. The molecule has 53 heavy (non-hydrogen) atoms. The van der Waals surface area contributed by atoms with Crippen LogP contribution in [0.25, 0.3) is 17.3 Å². The Balaban J connectivity index is 1.27. The van der Waals surface area contributed by atoms with Crippen LogP contribution in [0.15, 0.2) is 128 Å². The molecule has 6 rings (SSSR count). The lowest BCUT2D eigenvalue weighted by Crippen LogP contribution is -2.56. The van der Waals surface area contributed by atoms with Crippen molar-refractivity contribution in [1.29, 1.82) is 0 Å². The van der Waals surface area contributed by atoms with E-state index in [1.165, 1.54) is 41.0 Å². The summed E-state index contributed by atoms with van der Waals surface area (Å²) in [7, 11) is 0. The minimum absolute atomic E-state index is 0.138. The van der Waals surface area contributed by atoms with E-state index in [9.17, 15) is 22.8 Å². The van der Waals surface area contributed by atoms with E-state index in [1.807, 2.05) is 77.7 Å². The van der Waals surface area contributed by atoms with Gasteiger partial charge in [0.1, 0.15) is 6.04 Å². The SMILES string of the molecule is Cc1ccc(CN2CCN(C(=O)[C@H](Cc3ccccc3)N(Cc3ccc(-c4ccccn4)cc3)C(=O)/C=C/c3ccc(C(F)(F)F)cc3)CC2)c(C)c1. The van der Waals surface area contributed by atoms with E-state index < -0.39 is 23.7 Å². The number of piperazine rings is 1. The van der Waals surface area contributed by atoms with E-state index in [1.54, 1.807) is 11.1 Å². The molecule has 0 spiro atoms. The number of hydrogen-bond donors (Lipinski definition) is 0. The Labute approximate surface area is 309 Å². The van der Waals surface area contributed by atoms with Crippen LogP contribution in [0.1, 0.15) is 38.9 Å². The third-order valence-electron chi connectivity index (χ3n) is 9.72. The number of aryl methyl sites for hydroxylation is 2. The molecule has 5 aromatic rings. The smallest absolute Gasteiger partial charge is 0.338 e. The van der Waals surface area contributed by atoms with Crippen LogP contribution in [0.2, 0.25) is 0 Å². The molecule has 0 saturated carbocycles. The van der Waals surface area contributed by atoms with Crippen LogP contribution in [0.4, 0.5) is 13.2 Å². The van der Waals surface area contributed by atoms with Crippen molar-refractivity contribution >= 4 is 17.9 Å². The first-order valence-corrected chi connectivity index (χ1v) is 17.8. The molecule has 6 nitrogen and oxygen atoms in total. The maximum absolute atomic E-state index is 14.6. The monoisotopic (exact) mass is 716 g/mol. The van der Waals surface area contributed by atoms with E-state index in [4.69, 9.17) is 0 Å². The molecule has 9 heteroatoms. The van der Waals surface area contributed by atoms with Gasteiger partial charge in [-0.15, -0.1) is 0 Å². The van der Waals surface area contributed by atoms with Crippen LogP contribution >= 0.6 is 0 Å². The molecule has 0 aliphatic carbocycles. The minimum Gasteiger partial charge on any atom is -0.338 e. The molecule has 0 N–H and O–H groups in total. The van der Waals surface area contributed by atoms with Gasteiger partial charge in [-0.3, -0.25) is 19.5 Å². The minimum atomic E-state index is -4.46. The summed E-state index contributed by atoms with van der Waals surface area (Å²) in [6.07, 6.45) is 0.411. The molecule has 1 aliphatic heterocycles. The number of carbonyl (C=O) groups excluding carboxylic acids is 2. The molecule has 2 amide bonds. The van der Waals surface area contributed by atoms with E-state index in [2.05, 4.69) is 41.9 Å². The van der Waals surface area contributed by atoms with Gasteiger partial charge in [-0.05, 0) is 72.0 Å². The molecule has 4 aromatic carbocycles. The van der Waals surface area contributed by atoms with Gasteiger partial charge in [-0.25, -0.2) is 0 Å². The summed E-state index contributed by atoms with van der Waals surface area (Å²) >= 11 is 0. The van der Waals surface area contributed by atoms with Gasteiger partial charge in [0.05, 0.1) is 11.3 Å². The average Bonchev–Trinajstić information content (AvgIpc) is 3.17. The van der Waals surface area contributed by atoms with Gasteiger partial charge < -0.3 is 9.80 Å². The number of halogens is 3. The number of nitrogens with zero attached hydrogens (tertiary/aromatic N) is 4. The molecular weight excluding hydrogens is 674 g/mol. The van der Waals surface area contributed by atoms with E-state index in [0.29, 0.717) is 38.2 Å². The number of hydrogen-bond acceptors (Lipinski definition) is 4. The summed E-state index contributed by atoms with van der Waals surface area (Å²) in [6.45, 7) is 7.61. The second kappa shape index (κ2) is 16.9. The molecule has 1 saturated heterocycles. The Hall–Kier alpha value is -5.54. The molecular formula is C44H43F3N4O2. The molecule has 1 fully saturated rings. The first-order valence-electron chi connectivity index (χ1n) is 17.8. The zero-order valence-corrected chi connectivity index (χ0v) is 30.0. The third kappa shape index (κ3) is 9.87. The molecule has 0 unspecified atom stereocenters. The number of benzene rings is 4. The van der Waals surface area contributed by atoms with Gasteiger partial charge >= 0.3 is 6.18 Å². The Morgan fingerprint density at radius 3 is 2.15 bits per heavy atom. The van der Waals surface area contributed by atoms with Crippen molar-refractivity contribution < 1.29 is 22.8 Å². The number of carbonyl (C=O) groups is 2. The molecule has 0 radical (unpaired) electrons. The predicted octanol–water partition coefficient (Wildman–Crippen LogP) is 8.38. The maximum atomic E-state index is 14.6. The van der Waals surface area contributed by atoms with Crippen LogP contribution in [0.5, 0.6) is 0 Å². The Bertz CT molecular complexity index is 2010. The largest absolute Gasteiger partial charge is 0.416 e. The van der Waals surface area contributed by atoms with Crippen molar-refractivity contribution in [2.75, 3.05) is 26.2 Å². The highest BCUT2D eigenvalue weighted by atomic mass is 19.4. The fourth-order valence-corrected chi connectivity index (χ4v) is 6.67. The molecule has 272 valence electrons. The maximum Gasteiger partial charge on any atom is 0.416 e. The fourth-order valence-electron chi connectivity index (χ4n) is 6.67. The van der Waals surface area contributed by atoms with Crippen molar-refractivity contribution in [3.05, 3.63) is 166 Å². The van der Waals surface area contributed by atoms with Crippen molar-refractivity contribution in [2.24, 2.45) is 0 Å².